The van der Waals surface area contributed by atoms with Gasteiger partial charge in [0.25, 0.3) is 0 Å². The summed E-state index contributed by atoms with van der Waals surface area (Å²) < 4.78 is 27.5. The Morgan fingerprint density at radius 2 is 1.74 bits per heavy atom. The van der Waals surface area contributed by atoms with E-state index >= 15 is 0 Å². The molecule has 1 heterocycles. The van der Waals surface area contributed by atoms with Crippen molar-refractivity contribution in [3.63, 3.8) is 0 Å². The van der Waals surface area contributed by atoms with Crippen molar-refractivity contribution in [2.45, 2.75) is 20.0 Å². The molecule has 0 fully saturated rings. The maximum Gasteiger partial charge on any atom is 0.338 e. The summed E-state index contributed by atoms with van der Waals surface area (Å²) in [5, 5.41) is 0.367. The van der Waals surface area contributed by atoms with E-state index in [2.05, 4.69) is 0 Å². The fourth-order valence-electron chi connectivity index (χ4n) is 3.24. The summed E-state index contributed by atoms with van der Waals surface area (Å²) in [6.07, 6.45) is 2.01. The molecule has 0 aliphatic carbocycles. The van der Waals surface area contributed by atoms with Gasteiger partial charge >= 0.3 is 5.97 Å². The molecule has 174 valence electrons. The quantitative estimate of drug-likeness (QED) is 0.295. The largest absolute Gasteiger partial charge is 0.497 e. The molecule has 0 amide bonds. The van der Waals surface area contributed by atoms with Gasteiger partial charge in [0.2, 0.25) is 11.2 Å². The smallest absolute Gasteiger partial charge is 0.338 e. The predicted octanol–water partition coefficient (Wildman–Crippen LogP) is 5.74. The summed E-state index contributed by atoms with van der Waals surface area (Å²) in [4.78, 5) is 24.8. The minimum atomic E-state index is -0.400. The number of ether oxygens (including phenoxy) is 4. The van der Waals surface area contributed by atoms with Crippen LogP contribution in [0.5, 0.6) is 23.0 Å². The molecule has 34 heavy (non-hydrogen) atoms. The number of methoxy groups -OCH3 is 1. The van der Waals surface area contributed by atoms with E-state index in [0.717, 1.165) is 17.7 Å². The molecule has 0 atom stereocenters. The summed E-state index contributed by atoms with van der Waals surface area (Å²) in [6, 6.07) is 19.0. The molecule has 0 N–H and O–H groups in total. The van der Waals surface area contributed by atoms with Crippen molar-refractivity contribution in [3.8, 4) is 23.0 Å². The Morgan fingerprint density at radius 3 is 2.50 bits per heavy atom. The topological polar surface area (TPSA) is 84.2 Å². The van der Waals surface area contributed by atoms with Gasteiger partial charge in [-0.2, -0.15) is 0 Å². The van der Waals surface area contributed by atoms with Gasteiger partial charge in [0.15, 0.2) is 0 Å². The molecule has 0 spiro atoms. The fourth-order valence-corrected chi connectivity index (χ4v) is 3.24. The lowest BCUT2D eigenvalue weighted by Crippen LogP contribution is -2.06. The van der Waals surface area contributed by atoms with Crippen molar-refractivity contribution >= 4 is 16.9 Å². The van der Waals surface area contributed by atoms with Crippen LogP contribution in [0, 0.1) is 0 Å². The highest BCUT2D eigenvalue weighted by atomic mass is 16.5. The summed E-state index contributed by atoms with van der Waals surface area (Å²) in [5.41, 5.74) is 1.43. The summed E-state index contributed by atoms with van der Waals surface area (Å²) in [6.45, 7) is 2.63. The number of esters is 1. The van der Waals surface area contributed by atoms with Gasteiger partial charge in [-0.05, 0) is 60.5 Å². The summed E-state index contributed by atoms with van der Waals surface area (Å²) >= 11 is 0. The number of hydrogen-bond acceptors (Lipinski definition) is 7. The number of carbonyl (C=O) groups excluding carboxylic acids is 1. The zero-order valence-electron chi connectivity index (χ0n) is 18.9. The van der Waals surface area contributed by atoms with Crippen molar-refractivity contribution in [1.82, 2.24) is 0 Å². The Bertz CT molecular complexity index is 1340. The van der Waals surface area contributed by atoms with Crippen LogP contribution in [0.2, 0.25) is 0 Å². The lowest BCUT2D eigenvalue weighted by atomic mass is 10.2. The highest BCUT2D eigenvalue weighted by molar-refractivity contribution is 5.89. The second-order valence-electron chi connectivity index (χ2n) is 7.49. The second-order valence-corrected chi connectivity index (χ2v) is 7.49. The van der Waals surface area contributed by atoms with Crippen molar-refractivity contribution in [3.05, 3.63) is 94.3 Å². The average molecular weight is 460 g/mol. The monoisotopic (exact) mass is 460 g/mol. The number of rotatable bonds is 9. The molecule has 1 aromatic heterocycles. The molecule has 7 heteroatoms. The van der Waals surface area contributed by atoms with Crippen molar-refractivity contribution in [2.75, 3.05) is 13.7 Å². The van der Waals surface area contributed by atoms with E-state index in [9.17, 15) is 9.59 Å². The van der Waals surface area contributed by atoms with Gasteiger partial charge in [-0.3, -0.25) is 4.79 Å². The van der Waals surface area contributed by atoms with Crippen molar-refractivity contribution in [1.29, 1.82) is 0 Å². The molecule has 3 aromatic carbocycles. The van der Waals surface area contributed by atoms with Crippen LogP contribution in [0.15, 0.2) is 82.2 Å². The Morgan fingerprint density at radius 1 is 0.941 bits per heavy atom. The van der Waals surface area contributed by atoms with E-state index in [0.29, 0.717) is 41.2 Å². The van der Waals surface area contributed by atoms with Crippen LogP contribution in [0.1, 0.15) is 29.3 Å². The number of hydrogen-bond donors (Lipinski definition) is 0. The maximum atomic E-state index is 12.9. The van der Waals surface area contributed by atoms with Gasteiger partial charge < -0.3 is 23.4 Å². The van der Waals surface area contributed by atoms with Crippen LogP contribution in [-0.4, -0.2) is 19.7 Å². The van der Waals surface area contributed by atoms with E-state index < -0.39 is 5.97 Å². The highest BCUT2D eigenvalue weighted by Crippen LogP contribution is 2.25. The molecule has 0 radical (unpaired) electrons. The molecule has 0 aliphatic heterocycles. The molecule has 4 aromatic rings. The van der Waals surface area contributed by atoms with E-state index in [1.165, 1.54) is 6.26 Å². The van der Waals surface area contributed by atoms with Crippen LogP contribution in [0.4, 0.5) is 0 Å². The van der Waals surface area contributed by atoms with Crippen molar-refractivity contribution < 1.29 is 28.2 Å². The van der Waals surface area contributed by atoms with Gasteiger partial charge in [-0.15, -0.1) is 0 Å². The lowest BCUT2D eigenvalue weighted by molar-refractivity contribution is 0.0505. The molecule has 0 saturated heterocycles. The van der Waals surface area contributed by atoms with Gasteiger partial charge in [0.1, 0.15) is 35.7 Å². The number of benzene rings is 3. The minimum absolute atomic E-state index is 0.0406. The average Bonchev–Trinajstić information content (AvgIpc) is 2.88. The maximum absolute atomic E-state index is 12.9. The first-order valence-electron chi connectivity index (χ1n) is 10.8. The zero-order valence-corrected chi connectivity index (χ0v) is 18.9. The van der Waals surface area contributed by atoms with Crippen LogP contribution in [0.3, 0.4) is 0 Å². The summed E-state index contributed by atoms with van der Waals surface area (Å²) in [7, 11) is 1.61. The minimum Gasteiger partial charge on any atom is -0.497 e. The Labute approximate surface area is 196 Å². The van der Waals surface area contributed by atoms with Crippen LogP contribution < -0.4 is 19.6 Å². The lowest BCUT2D eigenvalue weighted by Gasteiger charge is -2.09. The summed E-state index contributed by atoms with van der Waals surface area (Å²) in [5.74, 6) is 1.36. The number of carbonyl (C=O) groups is 1. The van der Waals surface area contributed by atoms with E-state index in [4.69, 9.17) is 23.4 Å². The molecule has 0 unspecified atom stereocenters. The third-order valence-electron chi connectivity index (χ3n) is 5.01. The van der Waals surface area contributed by atoms with Crippen LogP contribution in [0.25, 0.3) is 11.0 Å². The predicted molar refractivity (Wildman–Crippen MR) is 127 cm³/mol. The zero-order chi connectivity index (χ0) is 23.9. The first kappa shape index (κ1) is 22.9. The fraction of sp³-hybridized carbons (Fsp3) is 0.185. The molecule has 4 rings (SSSR count). The Hall–Kier alpha value is -4.26. The normalized spacial score (nSPS) is 10.6. The molecular formula is C27H24O7. The Kier molecular flexibility index (Phi) is 7.13. The Balaban J connectivity index is 1.46. The van der Waals surface area contributed by atoms with Crippen LogP contribution in [-0.2, 0) is 11.3 Å². The molecule has 7 nitrogen and oxygen atoms in total. The number of fused-ring (bicyclic) bond motifs is 1. The van der Waals surface area contributed by atoms with Gasteiger partial charge in [-0.1, -0.05) is 19.1 Å². The molecule has 0 bridgehead atoms. The standard InChI is InChI=1S/C27H24O7/c1-3-13-31-27(29)19-7-9-20(10-8-19)34-25-17-33-24-15-22(11-12-23(24)26(25)28)32-16-18-5-4-6-21(14-18)30-2/h4-12,14-15,17H,3,13,16H2,1-2H3. The molecular weight excluding hydrogens is 436 g/mol. The third kappa shape index (κ3) is 5.38. The van der Waals surface area contributed by atoms with Crippen molar-refractivity contribution in [2.24, 2.45) is 0 Å². The SMILES string of the molecule is CCCOC(=O)c1ccc(Oc2coc3cc(OCc4cccc(OC)c4)ccc3c2=O)cc1. The van der Waals surface area contributed by atoms with E-state index in [1.54, 1.807) is 49.6 Å². The van der Waals surface area contributed by atoms with E-state index in [-0.39, 0.29) is 11.2 Å². The first-order chi connectivity index (χ1) is 16.6. The molecule has 0 aliphatic rings. The first-order valence-corrected chi connectivity index (χ1v) is 10.8. The van der Waals surface area contributed by atoms with Gasteiger partial charge in [0, 0.05) is 6.07 Å². The molecule has 0 saturated carbocycles. The third-order valence-corrected chi connectivity index (χ3v) is 5.01. The second kappa shape index (κ2) is 10.6. The highest BCUT2D eigenvalue weighted by Gasteiger charge is 2.12. The van der Waals surface area contributed by atoms with Gasteiger partial charge in [-0.25, -0.2) is 4.79 Å². The van der Waals surface area contributed by atoms with E-state index in [1.807, 2.05) is 31.2 Å². The van der Waals surface area contributed by atoms with Gasteiger partial charge in [0.05, 0.1) is 24.7 Å². The van der Waals surface area contributed by atoms with Crippen LogP contribution >= 0.6 is 0 Å².